The third-order valence-corrected chi connectivity index (χ3v) is 6.27. The Morgan fingerprint density at radius 3 is 2.53 bits per heavy atom. The highest BCUT2D eigenvalue weighted by Gasteiger charge is 2.26. The molecule has 8 nitrogen and oxygen atoms in total. The van der Waals surface area contributed by atoms with Gasteiger partial charge in [0.1, 0.15) is 5.82 Å². The number of benzene rings is 2. The van der Waals surface area contributed by atoms with Gasteiger partial charge in [0.25, 0.3) is 11.5 Å². The molecule has 1 amide bonds. The van der Waals surface area contributed by atoms with Gasteiger partial charge in [0, 0.05) is 34.7 Å². The lowest BCUT2D eigenvalue weighted by atomic mass is 9.97. The first-order valence-corrected chi connectivity index (χ1v) is 11.7. The Bertz CT molecular complexity index is 1480. The molecule has 1 aliphatic carbocycles. The third-order valence-electron chi connectivity index (χ3n) is 6.27. The number of hydrogen-bond donors (Lipinski definition) is 4. The minimum Gasteiger partial charge on any atom is -0.386 e. The standard InChI is InChI=1S/C27H26FN5O3/c1-27(2,36)19-8-5-16(6-9-19)25(34)29-24-12-17(7-10-21(24)28)22-13-18(26(35)33-32-22)11-20-14-23(31-30-20)15-3-4-15/h5-10,12-15,36H,3-4,11H2,1-2H3,(H,29,34)(H,30,31)(H,33,35). The predicted molar refractivity (Wildman–Crippen MR) is 133 cm³/mol. The summed E-state index contributed by atoms with van der Waals surface area (Å²) >= 11 is 0. The van der Waals surface area contributed by atoms with Crippen molar-refractivity contribution in [3.05, 3.63) is 98.8 Å². The number of carbonyl (C=O) groups is 1. The molecule has 36 heavy (non-hydrogen) atoms. The van der Waals surface area contributed by atoms with Crippen LogP contribution in [0.3, 0.4) is 0 Å². The number of aromatic amines is 2. The molecule has 0 bridgehead atoms. The van der Waals surface area contributed by atoms with Crippen LogP contribution >= 0.6 is 0 Å². The number of nitrogens with zero attached hydrogens (tertiary/aromatic N) is 2. The van der Waals surface area contributed by atoms with Crippen molar-refractivity contribution in [3.8, 4) is 11.3 Å². The largest absolute Gasteiger partial charge is 0.386 e. The van der Waals surface area contributed by atoms with Crippen LogP contribution in [0.2, 0.25) is 0 Å². The van der Waals surface area contributed by atoms with Crippen molar-refractivity contribution in [2.24, 2.45) is 0 Å². The van der Waals surface area contributed by atoms with Gasteiger partial charge in [0.15, 0.2) is 0 Å². The maximum Gasteiger partial charge on any atom is 0.267 e. The van der Waals surface area contributed by atoms with Crippen LogP contribution in [0.5, 0.6) is 0 Å². The third kappa shape index (κ3) is 5.11. The van der Waals surface area contributed by atoms with E-state index < -0.39 is 17.3 Å². The normalized spacial score (nSPS) is 13.6. The smallest absolute Gasteiger partial charge is 0.267 e. The second kappa shape index (κ2) is 9.16. The molecule has 0 atom stereocenters. The number of amides is 1. The molecule has 184 valence electrons. The van der Waals surface area contributed by atoms with E-state index in [1.54, 1.807) is 44.2 Å². The molecule has 4 N–H and O–H groups in total. The zero-order chi connectivity index (χ0) is 25.4. The molecule has 1 aliphatic rings. The van der Waals surface area contributed by atoms with Gasteiger partial charge < -0.3 is 10.4 Å². The summed E-state index contributed by atoms with van der Waals surface area (Å²) in [4.78, 5) is 25.1. The van der Waals surface area contributed by atoms with Crippen molar-refractivity contribution in [3.63, 3.8) is 0 Å². The molecule has 4 aromatic rings. The molecule has 9 heteroatoms. The highest BCUT2D eigenvalue weighted by atomic mass is 19.1. The van der Waals surface area contributed by atoms with E-state index in [9.17, 15) is 19.1 Å². The number of halogens is 1. The zero-order valence-corrected chi connectivity index (χ0v) is 19.9. The summed E-state index contributed by atoms with van der Waals surface area (Å²) in [6, 6.07) is 14.3. The molecule has 5 rings (SSSR count). The number of hydrogen-bond acceptors (Lipinski definition) is 5. The molecule has 0 radical (unpaired) electrons. The Kier molecular flexibility index (Phi) is 6.01. The van der Waals surface area contributed by atoms with E-state index in [1.165, 1.54) is 18.2 Å². The molecule has 1 fully saturated rings. The first-order chi connectivity index (χ1) is 17.2. The van der Waals surface area contributed by atoms with E-state index in [4.69, 9.17) is 0 Å². The van der Waals surface area contributed by atoms with Crippen LogP contribution in [0.4, 0.5) is 10.1 Å². The van der Waals surface area contributed by atoms with E-state index >= 15 is 0 Å². The van der Waals surface area contributed by atoms with Crippen molar-refractivity contribution in [1.82, 2.24) is 20.4 Å². The monoisotopic (exact) mass is 487 g/mol. The van der Waals surface area contributed by atoms with Crippen LogP contribution < -0.4 is 10.9 Å². The Labute approximate surface area is 206 Å². The van der Waals surface area contributed by atoms with Crippen molar-refractivity contribution < 1.29 is 14.3 Å². The maximum absolute atomic E-state index is 14.5. The van der Waals surface area contributed by atoms with E-state index in [0.717, 1.165) is 24.2 Å². The van der Waals surface area contributed by atoms with Gasteiger partial charge in [-0.1, -0.05) is 12.1 Å². The zero-order valence-electron chi connectivity index (χ0n) is 19.9. The summed E-state index contributed by atoms with van der Waals surface area (Å²) in [5.74, 6) is -0.585. The Morgan fingerprint density at radius 1 is 1.08 bits per heavy atom. The quantitative estimate of drug-likeness (QED) is 0.310. The summed E-state index contributed by atoms with van der Waals surface area (Å²) in [5.41, 5.74) is 2.94. The number of aromatic nitrogens is 4. The number of H-pyrrole nitrogens is 2. The van der Waals surface area contributed by atoms with Crippen molar-refractivity contribution in [1.29, 1.82) is 0 Å². The summed E-state index contributed by atoms with van der Waals surface area (Å²) in [5, 5.41) is 26.6. The lowest BCUT2D eigenvalue weighted by molar-refractivity contribution is 0.0785. The lowest BCUT2D eigenvalue weighted by Gasteiger charge is -2.17. The Balaban J connectivity index is 1.36. The Morgan fingerprint density at radius 2 is 1.83 bits per heavy atom. The molecule has 2 aromatic heterocycles. The topological polar surface area (TPSA) is 124 Å². The number of aliphatic hydroxyl groups is 1. The minimum absolute atomic E-state index is 0.0127. The van der Waals surface area contributed by atoms with E-state index in [-0.39, 0.29) is 11.2 Å². The summed E-state index contributed by atoms with van der Waals surface area (Å²) in [6.45, 7) is 3.30. The Hall–Kier alpha value is -4.11. The minimum atomic E-state index is -1.03. The fraction of sp³-hybridized carbons (Fsp3) is 0.259. The van der Waals surface area contributed by atoms with Gasteiger partial charge in [-0.3, -0.25) is 14.7 Å². The van der Waals surface area contributed by atoms with Crippen molar-refractivity contribution >= 4 is 11.6 Å². The first-order valence-electron chi connectivity index (χ1n) is 11.7. The average Bonchev–Trinajstić information content (AvgIpc) is 3.60. The van der Waals surface area contributed by atoms with Gasteiger partial charge in [-0.2, -0.15) is 10.2 Å². The van der Waals surface area contributed by atoms with Crippen LogP contribution in [-0.4, -0.2) is 31.4 Å². The van der Waals surface area contributed by atoms with E-state index in [2.05, 4.69) is 25.7 Å². The first kappa shape index (κ1) is 23.6. The molecule has 0 saturated heterocycles. The van der Waals surface area contributed by atoms with E-state index in [1.807, 2.05) is 6.07 Å². The highest BCUT2D eigenvalue weighted by molar-refractivity contribution is 6.04. The second-order valence-corrected chi connectivity index (χ2v) is 9.66. The van der Waals surface area contributed by atoms with Crippen LogP contribution in [-0.2, 0) is 12.0 Å². The molecule has 2 heterocycles. The van der Waals surface area contributed by atoms with Crippen LogP contribution in [0, 0.1) is 5.82 Å². The fourth-order valence-electron chi connectivity index (χ4n) is 3.99. The van der Waals surface area contributed by atoms with Crippen LogP contribution in [0.25, 0.3) is 11.3 Å². The average molecular weight is 488 g/mol. The summed E-state index contributed by atoms with van der Waals surface area (Å²) < 4.78 is 14.5. The second-order valence-electron chi connectivity index (χ2n) is 9.66. The van der Waals surface area contributed by atoms with Gasteiger partial charge in [0.05, 0.1) is 22.7 Å². The van der Waals surface area contributed by atoms with Crippen molar-refractivity contribution in [2.75, 3.05) is 5.32 Å². The van der Waals surface area contributed by atoms with Gasteiger partial charge >= 0.3 is 0 Å². The number of nitrogens with one attached hydrogen (secondary N) is 3. The fourth-order valence-corrected chi connectivity index (χ4v) is 3.99. The van der Waals surface area contributed by atoms with Gasteiger partial charge in [0.2, 0.25) is 0 Å². The van der Waals surface area contributed by atoms with E-state index in [0.29, 0.717) is 40.3 Å². The van der Waals surface area contributed by atoms with Crippen LogP contribution in [0.1, 0.15) is 65.5 Å². The number of rotatable bonds is 7. The molecule has 0 unspecified atom stereocenters. The molecule has 2 aromatic carbocycles. The predicted octanol–water partition coefficient (Wildman–Crippen LogP) is 4.25. The van der Waals surface area contributed by atoms with Gasteiger partial charge in [-0.05, 0) is 74.7 Å². The van der Waals surface area contributed by atoms with Gasteiger partial charge in [-0.15, -0.1) is 0 Å². The van der Waals surface area contributed by atoms with Crippen molar-refractivity contribution in [2.45, 2.75) is 44.6 Å². The molecule has 0 aliphatic heterocycles. The number of carbonyl (C=O) groups excluding carboxylic acids is 1. The lowest BCUT2D eigenvalue weighted by Crippen LogP contribution is -2.17. The molecular weight excluding hydrogens is 461 g/mol. The highest BCUT2D eigenvalue weighted by Crippen LogP contribution is 2.39. The SMILES string of the molecule is CC(C)(O)c1ccc(C(=O)Nc2cc(-c3cc(Cc4cc(C5CC5)n[nH]4)c(=O)[nH]n3)ccc2F)cc1. The maximum atomic E-state index is 14.5. The molecule has 0 spiro atoms. The summed E-state index contributed by atoms with van der Waals surface area (Å²) in [7, 11) is 0. The number of anilines is 1. The van der Waals surface area contributed by atoms with Gasteiger partial charge in [-0.25, -0.2) is 9.49 Å². The summed E-state index contributed by atoms with van der Waals surface area (Å²) in [6.07, 6.45) is 2.63. The molecule has 1 saturated carbocycles. The van der Waals surface area contributed by atoms with Crippen LogP contribution in [0.15, 0.2) is 59.4 Å². The molecular formula is C27H26FN5O3.